The number of pyridine rings is 1. The first-order valence-electron chi connectivity index (χ1n) is 5.63. The van der Waals surface area contributed by atoms with Gasteiger partial charge < -0.3 is 10.1 Å². The van der Waals surface area contributed by atoms with E-state index in [9.17, 15) is 4.79 Å². The van der Waals surface area contributed by atoms with E-state index in [1.165, 1.54) is 0 Å². The molecular weight excluding hydrogens is 331 g/mol. The van der Waals surface area contributed by atoms with Crippen molar-refractivity contribution in [2.45, 2.75) is 26.4 Å². The molecule has 1 aromatic rings. The van der Waals surface area contributed by atoms with Gasteiger partial charge in [0.1, 0.15) is 11.9 Å². The fraction of sp³-hybridized carbons (Fsp3) is 0.500. The van der Waals surface area contributed by atoms with E-state index < -0.39 is 0 Å². The zero-order chi connectivity index (χ0) is 12.4. The molecule has 1 saturated heterocycles. The van der Waals surface area contributed by atoms with Crippen molar-refractivity contribution < 1.29 is 9.53 Å². The molecule has 1 aliphatic heterocycles. The fourth-order valence-electron chi connectivity index (χ4n) is 1.84. The SMILES string of the molecule is Cc1nc(NC(=O)[C@H]2OCC[C@@H]2C)ccc1I. The van der Waals surface area contributed by atoms with Gasteiger partial charge in [-0.25, -0.2) is 4.98 Å². The third kappa shape index (κ3) is 2.95. The third-order valence-electron chi connectivity index (χ3n) is 2.92. The van der Waals surface area contributed by atoms with Crippen molar-refractivity contribution in [1.82, 2.24) is 4.98 Å². The molecule has 5 heteroatoms. The Kier molecular flexibility index (Phi) is 3.98. The number of hydrogen-bond acceptors (Lipinski definition) is 3. The summed E-state index contributed by atoms with van der Waals surface area (Å²) in [7, 11) is 0. The molecule has 0 bridgehead atoms. The summed E-state index contributed by atoms with van der Waals surface area (Å²) in [5.74, 6) is 0.777. The van der Waals surface area contributed by atoms with Gasteiger partial charge >= 0.3 is 0 Å². The van der Waals surface area contributed by atoms with Gasteiger partial charge in [-0.3, -0.25) is 4.79 Å². The van der Waals surface area contributed by atoms with Crippen molar-refractivity contribution in [3.05, 3.63) is 21.4 Å². The summed E-state index contributed by atoms with van der Waals surface area (Å²) >= 11 is 2.22. The monoisotopic (exact) mass is 346 g/mol. The van der Waals surface area contributed by atoms with E-state index in [4.69, 9.17) is 4.74 Å². The Hall–Kier alpha value is -0.690. The largest absolute Gasteiger partial charge is 0.368 e. The number of anilines is 1. The summed E-state index contributed by atoms with van der Waals surface area (Å²) < 4.78 is 6.50. The molecule has 4 nitrogen and oxygen atoms in total. The van der Waals surface area contributed by atoms with E-state index in [1.54, 1.807) is 0 Å². The Morgan fingerprint density at radius 2 is 2.35 bits per heavy atom. The Bertz CT molecular complexity index is 437. The van der Waals surface area contributed by atoms with Gasteiger partial charge in [0.05, 0.1) is 5.69 Å². The number of rotatable bonds is 2. The highest BCUT2D eigenvalue weighted by Gasteiger charge is 2.30. The maximum atomic E-state index is 11.9. The smallest absolute Gasteiger partial charge is 0.254 e. The second-order valence-corrected chi connectivity index (χ2v) is 5.47. The van der Waals surface area contributed by atoms with E-state index in [2.05, 4.69) is 32.9 Å². The predicted octanol–water partition coefficient (Wildman–Crippen LogP) is 2.36. The molecule has 92 valence electrons. The van der Waals surface area contributed by atoms with Gasteiger partial charge in [0.15, 0.2) is 0 Å². The molecular formula is C12H15IN2O2. The Morgan fingerprint density at radius 3 is 2.94 bits per heavy atom. The fourth-order valence-corrected chi connectivity index (χ4v) is 2.14. The van der Waals surface area contributed by atoms with Gasteiger partial charge in [-0.05, 0) is 54.0 Å². The molecule has 2 rings (SSSR count). The van der Waals surface area contributed by atoms with Crippen LogP contribution in [0.4, 0.5) is 5.82 Å². The van der Waals surface area contributed by atoms with Gasteiger partial charge in [0.2, 0.25) is 0 Å². The van der Waals surface area contributed by atoms with E-state index in [0.717, 1.165) is 15.7 Å². The lowest BCUT2D eigenvalue weighted by molar-refractivity contribution is -0.126. The number of aryl methyl sites for hydroxylation is 1. The molecule has 1 fully saturated rings. The first-order chi connectivity index (χ1) is 8.08. The molecule has 17 heavy (non-hydrogen) atoms. The number of carbonyl (C=O) groups is 1. The highest BCUT2D eigenvalue weighted by molar-refractivity contribution is 14.1. The van der Waals surface area contributed by atoms with Gasteiger partial charge in [0.25, 0.3) is 5.91 Å². The lowest BCUT2D eigenvalue weighted by atomic mass is 10.0. The van der Waals surface area contributed by atoms with Crippen molar-refractivity contribution in [3.8, 4) is 0 Å². The molecule has 0 spiro atoms. The average molecular weight is 346 g/mol. The number of hydrogen-bond donors (Lipinski definition) is 1. The molecule has 0 aromatic carbocycles. The lowest BCUT2D eigenvalue weighted by Gasteiger charge is -2.14. The highest BCUT2D eigenvalue weighted by atomic mass is 127. The maximum Gasteiger partial charge on any atom is 0.254 e. The van der Waals surface area contributed by atoms with Gasteiger partial charge in [-0.1, -0.05) is 6.92 Å². The molecule has 2 heterocycles. The minimum Gasteiger partial charge on any atom is -0.368 e. The first kappa shape index (κ1) is 12.8. The molecule has 2 atom stereocenters. The van der Waals surface area contributed by atoms with Crippen molar-refractivity contribution in [3.63, 3.8) is 0 Å². The van der Waals surface area contributed by atoms with Crippen LogP contribution in [0.25, 0.3) is 0 Å². The molecule has 1 N–H and O–H groups in total. The van der Waals surface area contributed by atoms with Crippen LogP contribution < -0.4 is 5.32 Å². The van der Waals surface area contributed by atoms with Crippen molar-refractivity contribution in [1.29, 1.82) is 0 Å². The minimum atomic E-state index is -0.337. The minimum absolute atomic E-state index is 0.0943. The standard InChI is InChI=1S/C12H15IN2O2/c1-7-5-6-17-11(7)12(16)15-10-4-3-9(13)8(2)14-10/h3-4,7,11H,5-6H2,1-2H3,(H,14,15,16)/t7-,11-/m0/s1. The molecule has 1 aromatic heterocycles. The lowest BCUT2D eigenvalue weighted by Crippen LogP contribution is -2.31. The van der Waals surface area contributed by atoms with Crippen LogP contribution in [-0.4, -0.2) is 23.6 Å². The summed E-state index contributed by atoms with van der Waals surface area (Å²) in [6, 6.07) is 3.75. The molecule has 0 unspecified atom stereocenters. The maximum absolute atomic E-state index is 11.9. The van der Waals surface area contributed by atoms with E-state index in [-0.39, 0.29) is 17.9 Å². The number of halogens is 1. The topological polar surface area (TPSA) is 51.2 Å². The molecule has 1 amide bonds. The summed E-state index contributed by atoms with van der Waals surface area (Å²) in [6.07, 6.45) is 0.605. The van der Waals surface area contributed by atoms with Crippen LogP contribution in [0.15, 0.2) is 12.1 Å². The zero-order valence-electron chi connectivity index (χ0n) is 9.87. The normalized spacial score (nSPS) is 23.7. The molecule has 0 saturated carbocycles. The summed E-state index contributed by atoms with van der Waals surface area (Å²) in [5, 5.41) is 2.80. The van der Waals surface area contributed by atoms with Crippen LogP contribution in [0.2, 0.25) is 0 Å². The Morgan fingerprint density at radius 1 is 1.59 bits per heavy atom. The predicted molar refractivity (Wildman–Crippen MR) is 73.8 cm³/mol. The number of aromatic nitrogens is 1. The third-order valence-corrected chi connectivity index (χ3v) is 4.06. The van der Waals surface area contributed by atoms with E-state index >= 15 is 0 Å². The zero-order valence-corrected chi connectivity index (χ0v) is 12.0. The summed E-state index contributed by atoms with van der Waals surface area (Å²) in [4.78, 5) is 16.3. The second-order valence-electron chi connectivity index (χ2n) is 4.31. The summed E-state index contributed by atoms with van der Waals surface area (Å²) in [6.45, 7) is 4.62. The van der Waals surface area contributed by atoms with Gasteiger partial charge in [-0.15, -0.1) is 0 Å². The van der Waals surface area contributed by atoms with E-state index in [0.29, 0.717) is 12.4 Å². The van der Waals surface area contributed by atoms with Crippen LogP contribution in [0, 0.1) is 16.4 Å². The highest BCUT2D eigenvalue weighted by Crippen LogP contribution is 2.21. The molecule has 0 aliphatic carbocycles. The van der Waals surface area contributed by atoms with Crippen molar-refractivity contribution in [2.75, 3.05) is 11.9 Å². The molecule has 1 aliphatic rings. The van der Waals surface area contributed by atoms with Crippen molar-refractivity contribution >= 4 is 34.3 Å². The molecule has 0 radical (unpaired) electrons. The van der Waals surface area contributed by atoms with Crippen LogP contribution in [0.3, 0.4) is 0 Å². The average Bonchev–Trinajstić information content (AvgIpc) is 2.70. The Balaban J connectivity index is 2.05. The Labute approximate surface area is 114 Å². The van der Waals surface area contributed by atoms with Gasteiger partial charge in [0, 0.05) is 10.2 Å². The number of nitrogens with zero attached hydrogens (tertiary/aromatic N) is 1. The number of carbonyl (C=O) groups excluding carboxylic acids is 1. The van der Waals surface area contributed by atoms with Gasteiger partial charge in [-0.2, -0.15) is 0 Å². The van der Waals surface area contributed by atoms with Crippen LogP contribution in [-0.2, 0) is 9.53 Å². The van der Waals surface area contributed by atoms with Crippen LogP contribution in [0.5, 0.6) is 0 Å². The van der Waals surface area contributed by atoms with Crippen LogP contribution >= 0.6 is 22.6 Å². The number of amides is 1. The summed E-state index contributed by atoms with van der Waals surface area (Å²) in [5.41, 5.74) is 0.920. The van der Waals surface area contributed by atoms with Crippen LogP contribution in [0.1, 0.15) is 19.0 Å². The number of ether oxygens (including phenoxy) is 1. The van der Waals surface area contributed by atoms with E-state index in [1.807, 2.05) is 26.0 Å². The van der Waals surface area contributed by atoms with Crippen molar-refractivity contribution in [2.24, 2.45) is 5.92 Å². The second kappa shape index (κ2) is 5.30. The first-order valence-corrected chi connectivity index (χ1v) is 6.71. The number of nitrogens with one attached hydrogen (secondary N) is 1. The quantitative estimate of drug-likeness (QED) is 0.837.